The highest BCUT2D eigenvalue weighted by atomic mass is 32.1. The van der Waals surface area contributed by atoms with E-state index in [9.17, 15) is 19.2 Å². The molecule has 12 heteroatoms. The summed E-state index contributed by atoms with van der Waals surface area (Å²) in [6.07, 6.45) is 5.92. The molecule has 46 heavy (non-hydrogen) atoms. The monoisotopic (exact) mass is 681 g/mol. The van der Waals surface area contributed by atoms with Crippen molar-refractivity contribution in [3.8, 4) is 0 Å². The van der Waals surface area contributed by atoms with Gasteiger partial charge in [-0.1, -0.05) is 51.7 Å². The number of carbonyl (C=O) groups excluding carboxylic acids is 3. The van der Waals surface area contributed by atoms with Gasteiger partial charge in [-0.25, -0.2) is 14.4 Å². The van der Waals surface area contributed by atoms with E-state index in [4.69, 9.17) is 14.6 Å². The smallest absolute Gasteiger partial charge is 0.408 e. The minimum Gasteiger partial charge on any atom is -0.480 e. The molecular weight excluding hydrogens is 627 g/mol. The van der Waals surface area contributed by atoms with E-state index in [1.165, 1.54) is 11.3 Å². The van der Waals surface area contributed by atoms with Gasteiger partial charge in [-0.15, -0.1) is 22.7 Å². The summed E-state index contributed by atoms with van der Waals surface area (Å²) < 4.78 is 10.4. The molecule has 2 heterocycles. The number of hydrogen-bond donors (Lipinski definition) is 3. The quantitative estimate of drug-likeness (QED) is 0.155. The summed E-state index contributed by atoms with van der Waals surface area (Å²) in [6, 6.07) is 6.06. The molecule has 0 radical (unpaired) electrons. The molecule has 0 unspecified atom stereocenters. The highest BCUT2D eigenvalue weighted by Crippen LogP contribution is 2.16. The van der Waals surface area contributed by atoms with Crippen LogP contribution in [-0.2, 0) is 31.9 Å². The van der Waals surface area contributed by atoms with Crippen molar-refractivity contribution in [2.24, 2.45) is 0 Å². The van der Waals surface area contributed by atoms with Crippen LogP contribution in [0.5, 0.6) is 0 Å². The Kier molecular flexibility index (Phi) is 18.6. The summed E-state index contributed by atoms with van der Waals surface area (Å²) in [5, 5.41) is 18.1. The molecule has 3 amide bonds. The van der Waals surface area contributed by atoms with Crippen molar-refractivity contribution in [2.75, 3.05) is 13.1 Å². The largest absolute Gasteiger partial charge is 0.480 e. The van der Waals surface area contributed by atoms with Gasteiger partial charge < -0.3 is 30.1 Å². The van der Waals surface area contributed by atoms with Crippen LogP contribution in [0.4, 0.5) is 9.59 Å². The standard InChI is InChI=1S/C22H38N2O3S.C12H17NO4S/c1-6-8-10-14-24(15-11-9-7-2)20(25)19(17-18-13-12-16-28-18)23-21(26)27-22(3,4)5;1-12(2,3)17-11(16)13-9(10(14)15)7-8-5-4-6-18-8/h12-13,16,19H,6-11,14-15,17H2,1-5H3,(H,23,26);4-6,9H,7H2,1-3H3,(H,13,16)(H,14,15)/t19-;9-/m10/s1. The molecule has 0 aliphatic heterocycles. The first kappa shape index (κ1) is 40.9. The van der Waals surface area contributed by atoms with Crippen molar-refractivity contribution < 1.29 is 33.8 Å². The molecule has 0 spiro atoms. The molecular formula is C34H55N3O7S2. The first-order valence-corrected chi connectivity index (χ1v) is 17.9. The lowest BCUT2D eigenvalue weighted by Gasteiger charge is -2.29. The van der Waals surface area contributed by atoms with Gasteiger partial charge in [-0.05, 0) is 77.3 Å². The molecule has 2 atom stereocenters. The molecule has 0 aliphatic rings. The van der Waals surface area contributed by atoms with Gasteiger partial charge in [0.25, 0.3) is 0 Å². The number of nitrogens with one attached hydrogen (secondary N) is 2. The first-order valence-electron chi connectivity index (χ1n) is 16.1. The Bertz CT molecular complexity index is 1150. The fourth-order valence-electron chi connectivity index (χ4n) is 4.22. The number of alkyl carbamates (subject to hydrolysis) is 2. The number of carboxylic acids is 1. The minimum absolute atomic E-state index is 0.00790. The van der Waals surface area contributed by atoms with Gasteiger partial charge in [-0.2, -0.15) is 0 Å². The van der Waals surface area contributed by atoms with Crippen molar-refractivity contribution in [3.05, 3.63) is 44.8 Å². The van der Waals surface area contributed by atoms with E-state index in [1.807, 2.05) is 60.7 Å². The average Bonchev–Trinajstić information content (AvgIpc) is 3.64. The number of amides is 3. The molecule has 260 valence electrons. The molecule has 0 saturated heterocycles. The molecule has 2 rings (SSSR count). The van der Waals surface area contributed by atoms with Crippen molar-refractivity contribution in [1.82, 2.24) is 15.5 Å². The van der Waals surface area contributed by atoms with Gasteiger partial charge in [-0.3, -0.25) is 4.79 Å². The van der Waals surface area contributed by atoms with E-state index in [0.717, 1.165) is 61.4 Å². The summed E-state index contributed by atoms with van der Waals surface area (Å²) in [6.45, 7) is 16.4. The lowest BCUT2D eigenvalue weighted by molar-refractivity contribution is -0.139. The second-order valence-electron chi connectivity index (χ2n) is 13.0. The van der Waals surface area contributed by atoms with Crippen LogP contribution >= 0.6 is 22.7 Å². The number of carbonyl (C=O) groups is 4. The van der Waals surface area contributed by atoms with E-state index in [1.54, 1.807) is 32.1 Å². The van der Waals surface area contributed by atoms with E-state index in [-0.39, 0.29) is 12.3 Å². The second-order valence-corrected chi connectivity index (χ2v) is 15.1. The van der Waals surface area contributed by atoms with Crippen LogP contribution < -0.4 is 10.6 Å². The third-order valence-corrected chi connectivity index (χ3v) is 8.12. The summed E-state index contributed by atoms with van der Waals surface area (Å²) in [5.41, 5.74) is -1.24. The summed E-state index contributed by atoms with van der Waals surface area (Å²) in [4.78, 5) is 52.1. The van der Waals surface area contributed by atoms with Gasteiger partial charge in [0.1, 0.15) is 23.3 Å². The Morgan fingerprint density at radius 1 is 0.739 bits per heavy atom. The molecule has 3 N–H and O–H groups in total. The van der Waals surface area contributed by atoms with Crippen LogP contribution in [0.25, 0.3) is 0 Å². The number of nitrogens with zero attached hydrogens (tertiary/aromatic N) is 1. The predicted molar refractivity (Wildman–Crippen MR) is 186 cm³/mol. The molecule has 10 nitrogen and oxygen atoms in total. The molecule has 0 fully saturated rings. The van der Waals surface area contributed by atoms with Gasteiger partial charge in [0.15, 0.2) is 0 Å². The average molecular weight is 682 g/mol. The Morgan fingerprint density at radius 3 is 1.50 bits per heavy atom. The molecule has 0 saturated carbocycles. The number of hydrogen-bond acceptors (Lipinski definition) is 8. The van der Waals surface area contributed by atoms with Crippen molar-refractivity contribution >= 4 is 46.7 Å². The number of unbranched alkanes of at least 4 members (excludes halogenated alkanes) is 4. The van der Waals surface area contributed by atoms with Crippen molar-refractivity contribution in [1.29, 1.82) is 0 Å². The molecule has 2 aromatic heterocycles. The van der Waals surface area contributed by atoms with Crippen molar-refractivity contribution in [2.45, 2.75) is 130 Å². The Balaban J connectivity index is 0.000000506. The summed E-state index contributed by atoms with van der Waals surface area (Å²) in [5.74, 6) is -1.08. The lowest BCUT2D eigenvalue weighted by atomic mass is 10.1. The molecule has 0 aliphatic carbocycles. The highest BCUT2D eigenvalue weighted by molar-refractivity contribution is 7.10. The molecule has 0 aromatic carbocycles. The zero-order valence-electron chi connectivity index (χ0n) is 28.9. The van der Waals surface area contributed by atoms with Crippen LogP contribution in [0, 0.1) is 0 Å². The first-order chi connectivity index (χ1) is 21.5. The molecule has 0 bridgehead atoms. The minimum atomic E-state index is -1.07. The van der Waals surface area contributed by atoms with Crippen LogP contribution in [0.3, 0.4) is 0 Å². The Hall–Kier alpha value is -3.12. The number of aliphatic carboxylic acids is 1. The van der Waals surface area contributed by atoms with E-state index < -0.39 is 41.4 Å². The van der Waals surface area contributed by atoms with Crippen molar-refractivity contribution in [3.63, 3.8) is 0 Å². The fraction of sp³-hybridized carbons (Fsp3) is 0.647. The maximum atomic E-state index is 13.3. The second kappa shape index (κ2) is 20.9. The zero-order chi connectivity index (χ0) is 34.8. The summed E-state index contributed by atoms with van der Waals surface area (Å²) >= 11 is 3.05. The summed E-state index contributed by atoms with van der Waals surface area (Å²) in [7, 11) is 0. The topological polar surface area (TPSA) is 134 Å². The van der Waals surface area contributed by atoms with Gasteiger partial charge in [0, 0.05) is 35.7 Å². The Morgan fingerprint density at radius 2 is 1.15 bits per heavy atom. The number of ether oxygens (including phenoxy) is 2. The number of rotatable bonds is 16. The SMILES string of the molecule is CC(C)(C)OC(=O)N[C@@H](Cc1cccs1)C(=O)O.CCCCCN(CCCCC)C(=O)[C@@H](Cc1cccs1)NC(=O)OC(C)(C)C. The van der Waals surface area contributed by atoms with Gasteiger partial charge >= 0.3 is 18.2 Å². The van der Waals surface area contributed by atoms with Crippen LogP contribution in [-0.4, -0.2) is 70.4 Å². The van der Waals surface area contributed by atoms with E-state index in [2.05, 4.69) is 24.5 Å². The van der Waals surface area contributed by atoms with Crippen LogP contribution in [0.2, 0.25) is 0 Å². The zero-order valence-corrected chi connectivity index (χ0v) is 30.5. The van der Waals surface area contributed by atoms with Gasteiger partial charge in [0.05, 0.1) is 0 Å². The third-order valence-electron chi connectivity index (χ3n) is 6.32. The van der Waals surface area contributed by atoms with Crippen LogP contribution in [0.1, 0.15) is 104 Å². The number of carboxylic acid groups (broad SMARTS) is 1. The maximum Gasteiger partial charge on any atom is 0.408 e. The maximum absolute atomic E-state index is 13.3. The fourth-order valence-corrected chi connectivity index (χ4v) is 5.72. The molecule has 2 aromatic rings. The van der Waals surface area contributed by atoms with Crippen LogP contribution in [0.15, 0.2) is 35.0 Å². The van der Waals surface area contributed by atoms with Gasteiger partial charge in [0.2, 0.25) is 5.91 Å². The lowest BCUT2D eigenvalue weighted by Crippen LogP contribution is -2.51. The number of thiophene rings is 2. The van der Waals surface area contributed by atoms with E-state index >= 15 is 0 Å². The predicted octanol–water partition coefficient (Wildman–Crippen LogP) is 7.66. The Labute approximate surface area is 283 Å². The highest BCUT2D eigenvalue weighted by Gasteiger charge is 2.28. The normalized spacial score (nSPS) is 12.6. The third kappa shape index (κ3) is 18.8. The van der Waals surface area contributed by atoms with E-state index in [0.29, 0.717) is 6.42 Å².